The van der Waals surface area contributed by atoms with Crippen molar-refractivity contribution in [2.45, 2.75) is 33.7 Å². The van der Waals surface area contributed by atoms with Gasteiger partial charge in [0.1, 0.15) is 0 Å². The molecule has 0 saturated heterocycles. The normalized spacial score (nSPS) is 11.0. The monoisotopic (exact) mass is 429 g/mol. The SMILES string of the molecule is CN=C(NCCc1cc(C)cc(C)c1)NCc1noc(C)n1.I. The maximum atomic E-state index is 4.93. The fraction of sp³-hybridized carbons (Fsp3) is 0.438. The Morgan fingerprint density at radius 1 is 1.13 bits per heavy atom. The summed E-state index contributed by atoms with van der Waals surface area (Å²) < 4.78 is 4.93. The van der Waals surface area contributed by atoms with E-state index in [1.165, 1.54) is 16.7 Å². The van der Waals surface area contributed by atoms with Crippen LogP contribution in [0.15, 0.2) is 27.7 Å². The van der Waals surface area contributed by atoms with Crippen molar-refractivity contribution in [3.63, 3.8) is 0 Å². The fourth-order valence-corrected chi connectivity index (χ4v) is 2.34. The Kier molecular flexibility index (Phi) is 8.01. The summed E-state index contributed by atoms with van der Waals surface area (Å²) >= 11 is 0. The van der Waals surface area contributed by atoms with Crippen LogP contribution < -0.4 is 10.6 Å². The molecule has 1 aromatic heterocycles. The number of nitrogens with one attached hydrogen (secondary N) is 2. The summed E-state index contributed by atoms with van der Waals surface area (Å²) in [5.41, 5.74) is 3.92. The molecule has 0 unspecified atom stereocenters. The molecular weight excluding hydrogens is 405 g/mol. The highest BCUT2D eigenvalue weighted by Crippen LogP contribution is 2.08. The van der Waals surface area contributed by atoms with Crippen molar-refractivity contribution in [2.24, 2.45) is 4.99 Å². The lowest BCUT2D eigenvalue weighted by molar-refractivity contribution is 0.387. The smallest absolute Gasteiger partial charge is 0.223 e. The van der Waals surface area contributed by atoms with E-state index >= 15 is 0 Å². The van der Waals surface area contributed by atoms with Crippen molar-refractivity contribution < 1.29 is 4.52 Å². The zero-order chi connectivity index (χ0) is 15.9. The van der Waals surface area contributed by atoms with Gasteiger partial charge in [0.05, 0.1) is 6.54 Å². The van der Waals surface area contributed by atoms with Crippen LogP contribution in [0.5, 0.6) is 0 Å². The molecule has 1 heterocycles. The van der Waals surface area contributed by atoms with Crippen molar-refractivity contribution in [3.05, 3.63) is 46.6 Å². The molecule has 0 aliphatic rings. The summed E-state index contributed by atoms with van der Waals surface area (Å²) in [4.78, 5) is 8.33. The molecule has 6 nitrogen and oxygen atoms in total. The zero-order valence-corrected chi connectivity index (χ0v) is 16.3. The van der Waals surface area contributed by atoms with Crippen molar-refractivity contribution in [2.75, 3.05) is 13.6 Å². The molecule has 0 spiro atoms. The molecule has 7 heteroatoms. The number of aliphatic imine (C=N–C) groups is 1. The first-order chi connectivity index (χ1) is 10.6. The molecule has 0 fully saturated rings. The molecule has 23 heavy (non-hydrogen) atoms. The number of hydrogen-bond donors (Lipinski definition) is 2. The van der Waals surface area contributed by atoms with Crippen LogP contribution in [-0.4, -0.2) is 29.7 Å². The van der Waals surface area contributed by atoms with E-state index in [-0.39, 0.29) is 24.0 Å². The molecule has 1 aromatic carbocycles. The topological polar surface area (TPSA) is 75.3 Å². The van der Waals surface area contributed by atoms with E-state index in [4.69, 9.17) is 4.52 Å². The Hall–Kier alpha value is -1.64. The highest BCUT2D eigenvalue weighted by atomic mass is 127. The molecule has 2 rings (SSSR count). The Balaban J connectivity index is 0.00000264. The molecule has 0 atom stereocenters. The summed E-state index contributed by atoms with van der Waals surface area (Å²) in [5, 5.41) is 10.3. The minimum absolute atomic E-state index is 0. The molecule has 0 aliphatic carbocycles. The number of aromatic nitrogens is 2. The van der Waals surface area contributed by atoms with Gasteiger partial charge in [-0.05, 0) is 25.8 Å². The van der Waals surface area contributed by atoms with Crippen LogP contribution in [0.3, 0.4) is 0 Å². The highest BCUT2D eigenvalue weighted by molar-refractivity contribution is 14.0. The lowest BCUT2D eigenvalue weighted by atomic mass is 10.1. The third-order valence-electron chi connectivity index (χ3n) is 3.19. The number of rotatable bonds is 5. The third-order valence-corrected chi connectivity index (χ3v) is 3.19. The van der Waals surface area contributed by atoms with Gasteiger partial charge in [-0.3, -0.25) is 4.99 Å². The van der Waals surface area contributed by atoms with Crippen LogP contribution in [0, 0.1) is 20.8 Å². The van der Waals surface area contributed by atoms with Gasteiger partial charge in [0.25, 0.3) is 0 Å². The quantitative estimate of drug-likeness (QED) is 0.434. The molecule has 0 amide bonds. The van der Waals surface area contributed by atoms with Crippen molar-refractivity contribution in [1.82, 2.24) is 20.8 Å². The van der Waals surface area contributed by atoms with Crippen molar-refractivity contribution >= 4 is 29.9 Å². The van der Waals surface area contributed by atoms with Gasteiger partial charge in [-0.1, -0.05) is 34.5 Å². The summed E-state index contributed by atoms with van der Waals surface area (Å²) in [6.45, 7) is 7.32. The van der Waals surface area contributed by atoms with Gasteiger partial charge in [0.2, 0.25) is 5.89 Å². The lowest BCUT2D eigenvalue weighted by Crippen LogP contribution is -2.38. The van der Waals surface area contributed by atoms with Gasteiger partial charge >= 0.3 is 0 Å². The van der Waals surface area contributed by atoms with Gasteiger partial charge in [0, 0.05) is 20.5 Å². The largest absolute Gasteiger partial charge is 0.356 e. The number of nitrogens with zero attached hydrogens (tertiary/aromatic N) is 3. The molecule has 0 aliphatic heterocycles. The molecule has 2 N–H and O–H groups in total. The van der Waals surface area contributed by atoms with E-state index in [1.807, 2.05) is 0 Å². The van der Waals surface area contributed by atoms with Gasteiger partial charge in [-0.25, -0.2) is 0 Å². The van der Waals surface area contributed by atoms with Gasteiger partial charge in [0.15, 0.2) is 11.8 Å². The van der Waals surface area contributed by atoms with Crippen LogP contribution >= 0.6 is 24.0 Å². The van der Waals surface area contributed by atoms with Gasteiger partial charge < -0.3 is 15.2 Å². The second-order valence-electron chi connectivity index (χ2n) is 5.33. The lowest BCUT2D eigenvalue weighted by Gasteiger charge is -2.11. The van der Waals surface area contributed by atoms with Crippen LogP contribution in [0.1, 0.15) is 28.4 Å². The van der Waals surface area contributed by atoms with E-state index in [2.05, 4.69) is 57.8 Å². The molecule has 0 radical (unpaired) electrons. The maximum Gasteiger partial charge on any atom is 0.223 e. The molecule has 0 saturated carbocycles. The van der Waals surface area contributed by atoms with Crippen molar-refractivity contribution in [3.8, 4) is 0 Å². The third kappa shape index (κ3) is 6.55. The Bertz CT molecular complexity index is 633. The predicted molar refractivity (Wildman–Crippen MR) is 102 cm³/mol. The molecule has 2 aromatic rings. The second-order valence-corrected chi connectivity index (χ2v) is 5.33. The first-order valence-corrected chi connectivity index (χ1v) is 7.37. The number of benzene rings is 1. The van der Waals surface area contributed by atoms with E-state index < -0.39 is 0 Å². The first-order valence-electron chi connectivity index (χ1n) is 7.37. The minimum atomic E-state index is 0. The Morgan fingerprint density at radius 3 is 2.39 bits per heavy atom. The molecule has 126 valence electrons. The highest BCUT2D eigenvalue weighted by Gasteiger charge is 2.04. The first kappa shape index (κ1) is 19.4. The van der Waals surface area contributed by atoms with Crippen LogP contribution in [0.25, 0.3) is 0 Å². The Labute approximate surface area is 154 Å². The standard InChI is InChI=1S/C16H23N5O.HI/c1-11-7-12(2)9-14(8-11)5-6-18-16(17-4)19-10-15-20-13(3)22-21-15;/h7-9H,5-6,10H2,1-4H3,(H2,17,18,19);1H. The van der Waals surface area contributed by atoms with Crippen molar-refractivity contribution in [1.29, 1.82) is 0 Å². The number of halogens is 1. The summed E-state index contributed by atoms with van der Waals surface area (Å²) in [5.74, 6) is 1.91. The average molecular weight is 429 g/mol. The second kappa shape index (κ2) is 9.49. The number of aryl methyl sites for hydroxylation is 3. The van der Waals surface area contributed by atoms with Crippen LogP contribution in [-0.2, 0) is 13.0 Å². The van der Waals surface area contributed by atoms with E-state index in [0.717, 1.165) is 18.9 Å². The average Bonchev–Trinajstić information content (AvgIpc) is 2.87. The molecule has 0 bridgehead atoms. The number of hydrogen-bond acceptors (Lipinski definition) is 4. The fourth-order valence-electron chi connectivity index (χ4n) is 2.34. The Morgan fingerprint density at radius 2 is 1.83 bits per heavy atom. The minimum Gasteiger partial charge on any atom is -0.356 e. The zero-order valence-electron chi connectivity index (χ0n) is 14.0. The van der Waals surface area contributed by atoms with Crippen LogP contribution in [0.4, 0.5) is 0 Å². The summed E-state index contributed by atoms with van der Waals surface area (Å²) in [6, 6.07) is 6.62. The summed E-state index contributed by atoms with van der Waals surface area (Å²) in [7, 11) is 1.74. The maximum absolute atomic E-state index is 4.93. The van der Waals surface area contributed by atoms with E-state index in [9.17, 15) is 0 Å². The van der Waals surface area contributed by atoms with E-state index in [1.54, 1.807) is 14.0 Å². The van der Waals surface area contributed by atoms with E-state index in [0.29, 0.717) is 18.3 Å². The van der Waals surface area contributed by atoms with Gasteiger partial charge in [-0.2, -0.15) is 4.98 Å². The predicted octanol–water partition coefficient (Wildman–Crippen LogP) is 2.52. The van der Waals surface area contributed by atoms with Crippen LogP contribution in [0.2, 0.25) is 0 Å². The summed E-state index contributed by atoms with van der Waals surface area (Å²) in [6.07, 6.45) is 0.949. The number of guanidine groups is 1. The molecular formula is C16H24IN5O. The van der Waals surface area contributed by atoms with Gasteiger partial charge in [-0.15, -0.1) is 24.0 Å².